The van der Waals surface area contributed by atoms with Crippen LogP contribution >= 0.6 is 0 Å². The second-order valence-corrected chi connectivity index (χ2v) is 4.83. The largest absolute Gasteiger partial charge is 0.393 e. The second-order valence-electron chi connectivity index (χ2n) is 4.83. The minimum absolute atomic E-state index is 0.0774. The van der Waals surface area contributed by atoms with E-state index in [2.05, 4.69) is 0 Å². The first-order chi connectivity index (χ1) is 7.15. The Balaban J connectivity index is 1.79. The van der Waals surface area contributed by atoms with Gasteiger partial charge in [0.25, 0.3) is 0 Å². The van der Waals surface area contributed by atoms with Crippen LogP contribution in [0.15, 0.2) is 0 Å². The molecule has 1 atom stereocenters. The van der Waals surface area contributed by atoms with Crippen LogP contribution < -0.4 is 0 Å². The van der Waals surface area contributed by atoms with E-state index >= 15 is 0 Å². The van der Waals surface area contributed by atoms with Crippen LogP contribution in [0.25, 0.3) is 0 Å². The number of β-amino-alcohol motifs (C(OH)–C–C–N with tert-alkyl or cyclic N) is 1. The molecule has 15 heavy (non-hydrogen) atoms. The Kier molecular flexibility index (Phi) is 3.26. The van der Waals surface area contributed by atoms with Gasteiger partial charge in [0.2, 0.25) is 5.91 Å². The maximum absolute atomic E-state index is 11.4. The Hall–Kier alpha value is -0.610. The molecule has 0 aromatic carbocycles. The summed E-state index contributed by atoms with van der Waals surface area (Å²) in [7, 11) is 0. The molecule has 86 valence electrons. The molecule has 2 aliphatic rings. The first kappa shape index (κ1) is 10.9. The van der Waals surface area contributed by atoms with E-state index in [1.54, 1.807) is 4.90 Å². The SMILES string of the molecule is O=C1CC(O)CN1CC1CCC(O)CC1. The Labute approximate surface area is 89.9 Å². The average Bonchev–Trinajstić information content (AvgIpc) is 2.49. The minimum atomic E-state index is -0.466. The van der Waals surface area contributed by atoms with Crippen molar-refractivity contribution in [2.75, 3.05) is 13.1 Å². The Morgan fingerprint density at radius 3 is 2.33 bits per heavy atom. The normalized spacial score (nSPS) is 37.3. The molecule has 0 aromatic heterocycles. The van der Waals surface area contributed by atoms with Crippen LogP contribution in [-0.2, 0) is 4.79 Å². The smallest absolute Gasteiger partial charge is 0.225 e. The zero-order valence-corrected chi connectivity index (χ0v) is 8.93. The first-order valence-electron chi connectivity index (χ1n) is 5.79. The van der Waals surface area contributed by atoms with E-state index in [0.717, 1.165) is 32.2 Å². The molecule has 1 saturated carbocycles. The molecule has 4 nitrogen and oxygen atoms in total. The summed E-state index contributed by atoms with van der Waals surface area (Å²) >= 11 is 0. The van der Waals surface area contributed by atoms with E-state index in [9.17, 15) is 15.0 Å². The highest BCUT2D eigenvalue weighted by Gasteiger charge is 2.30. The molecule has 1 saturated heterocycles. The molecule has 2 rings (SSSR count). The molecule has 1 amide bonds. The van der Waals surface area contributed by atoms with Gasteiger partial charge in [-0.2, -0.15) is 0 Å². The van der Waals surface area contributed by atoms with Gasteiger partial charge < -0.3 is 15.1 Å². The van der Waals surface area contributed by atoms with Gasteiger partial charge in [-0.05, 0) is 31.6 Å². The summed E-state index contributed by atoms with van der Waals surface area (Å²) in [5.74, 6) is 0.594. The predicted octanol–water partition coefficient (Wildman–Crippen LogP) is 0.131. The second kappa shape index (κ2) is 4.49. The maximum atomic E-state index is 11.4. The number of amides is 1. The van der Waals surface area contributed by atoms with Crippen molar-refractivity contribution < 1.29 is 15.0 Å². The third-order valence-electron chi connectivity index (χ3n) is 3.49. The topological polar surface area (TPSA) is 60.8 Å². The summed E-state index contributed by atoms with van der Waals surface area (Å²) in [6, 6.07) is 0. The van der Waals surface area contributed by atoms with E-state index < -0.39 is 6.10 Å². The number of carbonyl (C=O) groups is 1. The summed E-state index contributed by atoms with van der Waals surface area (Å²) in [5.41, 5.74) is 0. The third kappa shape index (κ3) is 2.69. The van der Waals surface area contributed by atoms with Crippen molar-refractivity contribution in [1.82, 2.24) is 4.90 Å². The fourth-order valence-corrected chi connectivity index (χ4v) is 2.57. The number of hydrogen-bond acceptors (Lipinski definition) is 3. The van der Waals surface area contributed by atoms with Crippen LogP contribution in [0.2, 0.25) is 0 Å². The highest BCUT2D eigenvalue weighted by atomic mass is 16.3. The average molecular weight is 213 g/mol. The molecule has 1 unspecified atom stereocenters. The summed E-state index contributed by atoms with van der Waals surface area (Å²) in [5, 5.41) is 18.7. The maximum Gasteiger partial charge on any atom is 0.225 e. The van der Waals surface area contributed by atoms with E-state index in [1.165, 1.54) is 0 Å². The summed E-state index contributed by atoms with van der Waals surface area (Å²) in [4.78, 5) is 13.2. The fourth-order valence-electron chi connectivity index (χ4n) is 2.57. The van der Waals surface area contributed by atoms with Crippen molar-refractivity contribution in [3.8, 4) is 0 Å². The van der Waals surface area contributed by atoms with Crippen LogP contribution in [0.4, 0.5) is 0 Å². The van der Waals surface area contributed by atoms with E-state index in [0.29, 0.717) is 12.5 Å². The lowest BCUT2D eigenvalue weighted by atomic mass is 9.87. The minimum Gasteiger partial charge on any atom is -0.393 e. The molecule has 1 aliphatic heterocycles. The van der Waals surface area contributed by atoms with Gasteiger partial charge in [0.1, 0.15) is 0 Å². The van der Waals surface area contributed by atoms with Crippen molar-refractivity contribution in [3.05, 3.63) is 0 Å². The number of likely N-dealkylation sites (tertiary alicyclic amines) is 1. The van der Waals surface area contributed by atoms with Gasteiger partial charge in [-0.15, -0.1) is 0 Å². The molecule has 1 heterocycles. The third-order valence-corrected chi connectivity index (χ3v) is 3.49. The van der Waals surface area contributed by atoms with Crippen molar-refractivity contribution in [3.63, 3.8) is 0 Å². The Morgan fingerprint density at radius 2 is 1.80 bits per heavy atom. The van der Waals surface area contributed by atoms with Crippen molar-refractivity contribution in [2.24, 2.45) is 5.92 Å². The van der Waals surface area contributed by atoms with Gasteiger partial charge in [-0.3, -0.25) is 4.79 Å². The van der Waals surface area contributed by atoms with Crippen molar-refractivity contribution >= 4 is 5.91 Å². The number of hydrogen-bond donors (Lipinski definition) is 2. The first-order valence-corrected chi connectivity index (χ1v) is 5.79. The van der Waals surface area contributed by atoms with Gasteiger partial charge in [-0.25, -0.2) is 0 Å². The van der Waals surface area contributed by atoms with Crippen molar-refractivity contribution in [2.45, 2.75) is 44.3 Å². The number of aliphatic hydroxyl groups is 2. The lowest BCUT2D eigenvalue weighted by molar-refractivity contribution is -0.128. The predicted molar refractivity (Wildman–Crippen MR) is 55.2 cm³/mol. The number of aliphatic hydroxyl groups excluding tert-OH is 2. The molecule has 4 heteroatoms. The Bertz CT molecular complexity index is 236. The zero-order valence-electron chi connectivity index (χ0n) is 8.93. The molecular formula is C11H19NO3. The van der Waals surface area contributed by atoms with Gasteiger partial charge in [-0.1, -0.05) is 0 Å². The van der Waals surface area contributed by atoms with Crippen LogP contribution in [0.5, 0.6) is 0 Å². The Morgan fingerprint density at radius 1 is 1.13 bits per heavy atom. The van der Waals surface area contributed by atoms with E-state index in [4.69, 9.17) is 0 Å². The summed E-state index contributed by atoms with van der Waals surface area (Å²) < 4.78 is 0. The lowest BCUT2D eigenvalue weighted by Crippen LogP contribution is -2.33. The van der Waals surface area contributed by atoms with Crippen LogP contribution in [-0.4, -0.2) is 46.3 Å². The van der Waals surface area contributed by atoms with Gasteiger partial charge in [0.15, 0.2) is 0 Å². The molecule has 0 spiro atoms. The molecule has 0 bridgehead atoms. The quantitative estimate of drug-likeness (QED) is 0.685. The highest BCUT2D eigenvalue weighted by Crippen LogP contribution is 2.26. The standard InChI is InChI=1S/C11H19NO3/c13-9-3-1-8(2-4-9)6-12-7-10(14)5-11(12)15/h8-10,13-14H,1-7H2. The molecule has 1 aliphatic carbocycles. The van der Waals surface area contributed by atoms with Crippen LogP contribution in [0, 0.1) is 5.92 Å². The molecule has 2 N–H and O–H groups in total. The molecule has 2 fully saturated rings. The van der Waals surface area contributed by atoms with Gasteiger partial charge in [0.05, 0.1) is 18.6 Å². The molecule has 0 radical (unpaired) electrons. The fraction of sp³-hybridized carbons (Fsp3) is 0.909. The molecule has 0 aromatic rings. The van der Waals surface area contributed by atoms with E-state index in [1.807, 2.05) is 0 Å². The number of nitrogens with zero attached hydrogens (tertiary/aromatic N) is 1. The van der Waals surface area contributed by atoms with E-state index in [-0.39, 0.29) is 18.4 Å². The van der Waals surface area contributed by atoms with Gasteiger partial charge in [0, 0.05) is 13.1 Å². The number of carbonyl (C=O) groups excluding carboxylic acids is 1. The van der Waals surface area contributed by atoms with Crippen LogP contribution in [0.3, 0.4) is 0 Å². The molecular weight excluding hydrogens is 194 g/mol. The zero-order chi connectivity index (χ0) is 10.8. The highest BCUT2D eigenvalue weighted by molar-refractivity contribution is 5.78. The van der Waals surface area contributed by atoms with Crippen LogP contribution in [0.1, 0.15) is 32.1 Å². The van der Waals surface area contributed by atoms with Gasteiger partial charge >= 0.3 is 0 Å². The van der Waals surface area contributed by atoms with Crippen molar-refractivity contribution in [1.29, 1.82) is 0 Å². The lowest BCUT2D eigenvalue weighted by Gasteiger charge is -2.29. The monoisotopic (exact) mass is 213 g/mol. The summed E-state index contributed by atoms with van der Waals surface area (Å²) in [6.45, 7) is 1.26. The number of rotatable bonds is 2. The summed E-state index contributed by atoms with van der Waals surface area (Å²) in [6.07, 6.45) is 3.40.